The van der Waals surface area contributed by atoms with Crippen LogP contribution in [0.15, 0.2) is 41.2 Å². The van der Waals surface area contributed by atoms with Gasteiger partial charge in [0.1, 0.15) is 12.4 Å². The van der Waals surface area contributed by atoms with Gasteiger partial charge in [0, 0.05) is 26.3 Å². The second-order valence-corrected chi connectivity index (χ2v) is 5.27. The predicted octanol–water partition coefficient (Wildman–Crippen LogP) is 0.507. The molecule has 1 atom stereocenters. The third-order valence-corrected chi connectivity index (χ3v) is 3.48. The van der Waals surface area contributed by atoms with Gasteiger partial charge in [-0.15, -0.1) is 5.10 Å². The van der Waals surface area contributed by atoms with Gasteiger partial charge in [0.25, 0.3) is 0 Å². The number of aryl methyl sites for hydroxylation is 1. The second kappa shape index (κ2) is 7.44. The van der Waals surface area contributed by atoms with Crippen molar-refractivity contribution in [2.75, 3.05) is 6.54 Å². The summed E-state index contributed by atoms with van der Waals surface area (Å²) in [6.07, 6.45) is 2.44. The molecule has 1 amide bonds. The van der Waals surface area contributed by atoms with E-state index in [0.29, 0.717) is 31.1 Å². The molecule has 0 aliphatic rings. The van der Waals surface area contributed by atoms with E-state index in [9.17, 15) is 4.79 Å². The highest BCUT2D eigenvalue weighted by Gasteiger charge is 2.22. The molecule has 2 heterocycles. The summed E-state index contributed by atoms with van der Waals surface area (Å²) < 4.78 is 6.36. The first kappa shape index (κ1) is 15.8. The lowest BCUT2D eigenvalue weighted by Gasteiger charge is -2.16. The lowest BCUT2D eigenvalue weighted by atomic mass is 10.1. The van der Waals surface area contributed by atoms with Crippen LogP contribution in [0.1, 0.15) is 23.3 Å². The average Bonchev–Trinajstić information content (AvgIpc) is 3.25. The van der Waals surface area contributed by atoms with E-state index >= 15 is 0 Å². The number of carbonyl (C=O) groups is 1. The van der Waals surface area contributed by atoms with Crippen LogP contribution in [0.25, 0.3) is 0 Å². The van der Waals surface area contributed by atoms with Gasteiger partial charge in [-0.3, -0.25) is 4.79 Å². The lowest BCUT2D eigenvalue weighted by Crippen LogP contribution is -2.35. The molecule has 0 aliphatic carbocycles. The van der Waals surface area contributed by atoms with Crippen LogP contribution in [0, 0.1) is 6.92 Å². The number of benzene rings is 1. The molecule has 0 saturated heterocycles. The van der Waals surface area contributed by atoms with E-state index in [0.717, 1.165) is 5.56 Å². The molecule has 9 heteroatoms. The summed E-state index contributed by atoms with van der Waals surface area (Å²) in [6, 6.07) is 9.21. The normalized spacial score (nSPS) is 12.0. The Bertz CT molecular complexity index is 770. The quantitative estimate of drug-likeness (QED) is 0.672. The molecule has 0 spiro atoms. The molecule has 124 valence electrons. The lowest BCUT2D eigenvalue weighted by molar-refractivity contribution is -0.124. The van der Waals surface area contributed by atoms with E-state index in [1.807, 2.05) is 30.3 Å². The van der Waals surface area contributed by atoms with Crippen LogP contribution in [0.5, 0.6) is 0 Å². The minimum Gasteiger partial charge on any atom is -0.354 e. The van der Waals surface area contributed by atoms with Gasteiger partial charge >= 0.3 is 0 Å². The SMILES string of the molecule is Cc1nc(CCNC(=O)[C@@H](Cc2ccccc2)n2cnnn2)no1. The Morgan fingerprint density at radius 2 is 2.17 bits per heavy atom. The summed E-state index contributed by atoms with van der Waals surface area (Å²) in [6.45, 7) is 2.13. The van der Waals surface area contributed by atoms with E-state index in [2.05, 4.69) is 31.0 Å². The maximum atomic E-state index is 12.5. The van der Waals surface area contributed by atoms with Crippen LogP contribution in [0.3, 0.4) is 0 Å². The van der Waals surface area contributed by atoms with Gasteiger partial charge in [0.15, 0.2) is 5.82 Å². The number of rotatable bonds is 7. The van der Waals surface area contributed by atoms with Crippen molar-refractivity contribution in [1.82, 2.24) is 35.7 Å². The van der Waals surface area contributed by atoms with Crippen molar-refractivity contribution in [3.05, 3.63) is 53.9 Å². The van der Waals surface area contributed by atoms with Gasteiger partial charge < -0.3 is 9.84 Å². The zero-order chi connectivity index (χ0) is 16.8. The van der Waals surface area contributed by atoms with Gasteiger partial charge in [-0.05, 0) is 16.0 Å². The van der Waals surface area contributed by atoms with E-state index < -0.39 is 6.04 Å². The Balaban J connectivity index is 1.63. The highest BCUT2D eigenvalue weighted by Crippen LogP contribution is 2.13. The fourth-order valence-corrected chi connectivity index (χ4v) is 2.31. The van der Waals surface area contributed by atoms with Gasteiger partial charge in [-0.1, -0.05) is 35.5 Å². The van der Waals surface area contributed by atoms with Crippen molar-refractivity contribution in [1.29, 1.82) is 0 Å². The molecule has 24 heavy (non-hydrogen) atoms. The molecule has 0 fully saturated rings. The predicted molar refractivity (Wildman–Crippen MR) is 82.7 cm³/mol. The Labute approximate surface area is 138 Å². The Kier molecular flexibility index (Phi) is 4.90. The van der Waals surface area contributed by atoms with Crippen LogP contribution < -0.4 is 5.32 Å². The Morgan fingerprint density at radius 1 is 1.33 bits per heavy atom. The standard InChI is InChI=1S/C15H17N7O2/c1-11-18-14(19-24-11)7-8-16-15(23)13(22-10-17-20-21-22)9-12-5-3-2-4-6-12/h2-6,10,13H,7-9H2,1H3,(H,16,23)/t13-/m1/s1. The average molecular weight is 327 g/mol. The largest absolute Gasteiger partial charge is 0.354 e. The number of tetrazole rings is 1. The van der Waals surface area contributed by atoms with Crippen LogP contribution in [-0.2, 0) is 17.6 Å². The van der Waals surface area contributed by atoms with E-state index in [1.54, 1.807) is 6.92 Å². The van der Waals surface area contributed by atoms with Crippen molar-refractivity contribution >= 4 is 5.91 Å². The molecule has 1 N–H and O–H groups in total. The van der Waals surface area contributed by atoms with Crippen LogP contribution in [0.4, 0.5) is 0 Å². The van der Waals surface area contributed by atoms with Crippen molar-refractivity contribution in [2.45, 2.75) is 25.8 Å². The molecule has 9 nitrogen and oxygen atoms in total. The summed E-state index contributed by atoms with van der Waals surface area (Å²) in [5.74, 6) is 0.910. The number of amides is 1. The third kappa shape index (κ3) is 4.00. The maximum absolute atomic E-state index is 12.5. The molecule has 3 aromatic rings. The number of nitrogens with one attached hydrogen (secondary N) is 1. The number of aromatic nitrogens is 6. The fourth-order valence-electron chi connectivity index (χ4n) is 2.31. The van der Waals surface area contributed by atoms with Gasteiger partial charge in [0.05, 0.1) is 0 Å². The van der Waals surface area contributed by atoms with E-state index in [-0.39, 0.29) is 5.91 Å². The minimum atomic E-state index is -0.519. The third-order valence-electron chi connectivity index (χ3n) is 3.48. The first-order valence-corrected chi connectivity index (χ1v) is 7.55. The molecule has 0 saturated carbocycles. The Morgan fingerprint density at radius 3 is 2.83 bits per heavy atom. The van der Waals surface area contributed by atoms with E-state index in [1.165, 1.54) is 11.0 Å². The molecule has 0 aliphatic heterocycles. The number of nitrogens with zero attached hydrogens (tertiary/aromatic N) is 6. The van der Waals surface area contributed by atoms with Gasteiger partial charge in [-0.2, -0.15) is 4.98 Å². The Hall–Kier alpha value is -3.10. The first-order chi connectivity index (χ1) is 11.7. The minimum absolute atomic E-state index is 0.161. The monoisotopic (exact) mass is 327 g/mol. The molecule has 0 unspecified atom stereocenters. The fraction of sp³-hybridized carbons (Fsp3) is 0.333. The zero-order valence-electron chi connectivity index (χ0n) is 13.2. The highest BCUT2D eigenvalue weighted by molar-refractivity contribution is 5.80. The topological polar surface area (TPSA) is 112 Å². The molecule has 0 bridgehead atoms. The number of hydrogen-bond donors (Lipinski definition) is 1. The molecule has 2 aromatic heterocycles. The van der Waals surface area contributed by atoms with Gasteiger partial charge in [-0.25, -0.2) is 4.68 Å². The second-order valence-electron chi connectivity index (χ2n) is 5.27. The van der Waals surface area contributed by atoms with Crippen LogP contribution >= 0.6 is 0 Å². The maximum Gasteiger partial charge on any atom is 0.245 e. The molecule has 0 radical (unpaired) electrons. The summed E-state index contributed by atoms with van der Waals surface area (Å²) in [5, 5.41) is 17.8. The summed E-state index contributed by atoms with van der Waals surface area (Å²) in [5.41, 5.74) is 1.03. The smallest absolute Gasteiger partial charge is 0.245 e. The first-order valence-electron chi connectivity index (χ1n) is 7.55. The van der Waals surface area contributed by atoms with Crippen LogP contribution in [0.2, 0.25) is 0 Å². The van der Waals surface area contributed by atoms with Crippen LogP contribution in [-0.4, -0.2) is 42.8 Å². The number of carbonyl (C=O) groups excluding carboxylic acids is 1. The van der Waals surface area contributed by atoms with E-state index in [4.69, 9.17) is 4.52 Å². The molecule has 1 aromatic carbocycles. The number of hydrogen-bond acceptors (Lipinski definition) is 7. The molecular formula is C15H17N7O2. The van der Waals surface area contributed by atoms with Crippen molar-refractivity contribution in [2.24, 2.45) is 0 Å². The summed E-state index contributed by atoms with van der Waals surface area (Å²) in [4.78, 5) is 16.7. The summed E-state index contributed by atoms with van der Waals surface area (Å²) in [7, 11) is 0. The molecule has 3 rings (SSSR count). The summed E-state index contributed by atoms with van der Waals surface area (Å²) >= 11 is 0. The van der Waals surface area contributed by atoms with Crippen molar-refractivity contribution in [3.8, 4) is 0 Å². The zero-order valence-corrected chi connectivity index (χ0v) is 13.2. The highest BCUT2D eigenvalue weighted by atomic mass is 16.5. The van der Waals surface area contributed by atoms with Gasteiger partial charge in [0.2, 0.25) is 11.8 Å². The van der Waals surface area contributed by atoms with Crippen molar-refractivity contribution in [3.63, 3.8) is 0 Å². The molecular weight excluding hydrogens is 310 g/mol. The van der Waals surface area contributed by atoms with Crippen molar-refractivity contribution < 1.29 is 9.32 Å².